The zero-order valence-electron chi connectivity index (χ0n) is 15.8. The van der Waals surface area contributed by atoms with E-state index in [4.69, 9.17) is 25.5 Å². The van der Waals surface area contributed by atoms with Gasteiger partial charge in [0.1, 0.15) is 5.82 Å². The van der Waals surface area contributed by atoms with Gasteiger partial charge in [-0.25, -0.2) is 0 Å². The maximum Gasteiger partial charge on any atom is 0.290 e. The van der Waals surface area contributed by atoms with E-state index in [-0.39, 0.29) is 12.9 Å². The number of nitrogen functional groups attached to an aromatic ring is 1. The number of rotatable bonds is 2. The Kier molecular flexibility index (Phi) is 8.93. The highest BCUT2D eigenvalue weighted by atomic mass is 16.3. The minimum Gasteiger partial charge on any atom is -0.483 e. The Bertz CT molecular complexity index is 729. The summed E-state index contributed by atoms with van der Waals surface area (Å²) >= 11 is 0. The molecule has 0 aromatic carbocycles. The molecule has 27 heavy (non-hydrogen) atoms. The third kappa shape index (κ3) is 6.06. The number of nitrogens with two attached hydrogens (primary N) is 1. The van der Waals surface area contributed by atoms with Gasteiger partial charge in [-0.2, -0.15) is 15.1 Å². The number of carbonyl (C=O) groups is 2. The van der Waals surface area contributed by atoms with Crippen LogP contribution < -0.4 is 10.6 Å². The number of anilines is 2. The molecular weight excluding hydrogens is 354 g/mol. The van der Waals surface area contributed by atoms with Gasteiger partial charge in [0.05, 0.1) is 11.6 Å². The van der Waals surface area contributed by atoms with E-state index in [0.717, 1.165) is 43.6 Å². The second-order valence-corrected chi connectivity index (χ2v) is 6.10. The van der Waals surface area contributed by atoms with Crippen molar-refractivity contribution in [2.75, 3.05) is 36.8 Å². The van der Waals surface area contributed by atoms with Crippen molar-refractivity contribution < 1.29 is 19.8 Å². The van der Waals surface area contributed by atoms with Gasteiger partial charge in [0.15, 0.2) is 5.65 Å². The predicted molar refractivity (Wildman–Crippen MR) is 102 cm³/mol. The molecule has 2 aromatic heterocycles. The van der Waals surface area contributed by atoms with Crippen molar-refractivity contribution in [3.63, 3.8) is 0 Å². The van der Waals surface area contributed by atoms with Crippen molar-refractivity contribution in [2.45, 2.75) is 26.3 Å². The van der Waals surface area contributed by atoms with Gasteiger partial charge < -0.3 is 20.8 Å². The van der Waals surface area contributed by atoms with Crippen LogP contribution >= 0.6 is 0 Å². The molecule has 1 aliphatic heterocycles. The first-order valence-electron chi connectivity index (χ1n) is 8.49. The van der Waals surface area contributed by atoms with Crippen molar-refractivity contribution in [1.29, 1.82) is 0 Å². The first kappa shape index (κ1) is 22.1. The molecule has 0 spiro atoms. The molecule has 4 N–H and O–H groups in total. The number of hydrogen-bond donors (Lipinski definition) is 3. The second kappa shape index (κ2) is 10.9. The van der Waals surface area contributed by atoms with E-state index in [2.05, 4.69) is 38.7 Å². The zero-order valence-corrected chi connectivity index (χ0v) is 15.8. The molecule has 0 radical (unpaired) electrons. The molecule has 11 heteroatoms. The van der Waals surface area contributed by atoms with E-state index in [9.17, 15) is 0 Å². The minimum absolute atomic E-state index is 0.250. The van der Waals surface area contributed by atoms with Gasteiger partial charge in [0, 0.05) is 39.3 Å². The Morgan fingerprint density at radius 3 is 2.33 bits per heavy atom. The average Bonchev–Trinajstić information content (AvgIpc) is 2.84. The van der Waals surface area contributed by atoms with Crippen molar-refractivity contribution in [3.05, 3.63) is 6.20 Å². The largest absolute Gasteiger partial charge is 0.483 e. The molecule has 0 aliphatic carbocycles. The molecule has 11 nitrogen and oxygen atoms in total. The fourth-order valence-corrected chi connectivity index (χ4v) is 2.83. The predicted octanol–water partition coefficient (Wildman–Crippen LogP) is 0.268. The Labute approximate surface area is 157 Å². The zero-order chi connectivity index (χ0) is 20.4. The number of carboxylic acid groups (broad SMARTS) is 2. The standard InChI is InChI=1S/C14H23N7.2CH2O2/c1-10(2)20-5-4-6-21(8-7-20)14-17-12(15)11-9-16-19(3)13(11)18-14;2*2-1-3/h9-10H,4-8H2,1-3H3,(H2,15,17,18);2*1H,(H,2,3). The van der Waals surface area contributed by atoms with E-state index in [1.165, 1.54) is 0 Å². The Morgan fingerprint density at radius 1 is 1.11 bits per heavy atom. The maximum atomic E-state index is 8.36. The molecule has 1 aliphatic rings. The van der Waals surface area contributed by atoms with Crippen LogP contribution in [0.5, 0.6) is 0 Å². The summed E-state index contributed by atoms with van der Waals surface area (Å²) in [5.41, 5.74) is 6.84. The molecular formula is C16H27N7O4. The summed E-state index contributed by atoms with van der Waals surface area (Å²) in [5, 5.41) is 18.8. The normalized spacial score (nSPS) is 14.6. The van der Waals surface area contributed by atoms with E-state index < -0.39 is 0 Å². The minimum atomic E-state index is -0.250. The Balaban J connectivity index is 0.000000540. The summed E-state index contributed by atoms with van der Waals surface area (Å²) in [7, 11) is 1.88. The molecule has 0 amide bonds. The van der Waals surface area contributed by atoms with Gasteiger partial charge in [0.2, 0.25) is 5.95 Å². The van der Waals surface area contributed by atoms with Crippen LogP contribution in [-0.4, -0.2) is 80.0 Å². The van der Waals surface area contributed by atoms with E-state index in [1.54, 1.807) is 10.9 Å². The maximum absolute atomic E-state index is 8.36. The summed E-state index contributed by atoms with van der Waals surface area (Å²) in [6, 6.07) is 0.579. The topological polar surface area (TPSA) is 151 Å². The number of fused-ring (bicyclic) bond motifs is 1. The number of nitrogens with zero attached hydrogens (tertiary/aromatic N) is 6. The van der Waals surface area contributed by atoms with Crippen molar-refractivity contribution in [2.24, 2.45) is 7.05 Å². The molecule has 0 unspecified atom stereocenters. The van der Waals surface area contributed by atoms with Crippen LogP contribution in [-0.2, 0) is 16.6 Å². The number of aromatic nitrogens is 4. The molecule has 2 aromatic rings. The van der Waals surface area contributed by atoms with Gasteiger partial charge in [-0.3, -0.25) is 19.2 Å². The lowest BCUT2D eigenvalue weighted by atomic mass is 10.3. The van der Waals surface area contributed by atoms with Crippen molar-refractivity contribution in [3.8, 4) is 0 Å². The van der Waals surface area contributed by atoms with Crippen LogP contribution in [0.2, 0.25) is 0 Å². The van der Waals surface area contributed by atoms with Gasteiger partial charge in [-0.05, 0) is 20.3 Å². The molecule has 1 saturated heterocycles. The second-order valence-electron chi connectivity index (χ2n) is 6.10. The quantitative estimate of drug-likeness (QED) is 0.618. The van der Waals surface area contributed by atoms with Gasteiger partial charge in [0.25, 0.3) is 12.9 Å². The Morgan fingerprint density at radius 2 is 1.74 bits per heavy atom. The molecule has 3 heterocycles. The molecule has 1 fully saturated rings. The SMILES string of the molecule is CC(C)N1CCCN(c2nc(N)c3cnn(C)c3n2)CC1.O=CO.O=CO. The van der Waals surface area contributed by atoms with E-state index in [1.807, 2.05) is 7.05 Å². The van der Waals surface area contributed by atoms with Crippen LogP contribution in [0, 0.1) is 0 Å². The Hall–Kier alpha value is -2.95. The van der Waals surface area contributed by atoms with Crippen molar-refractivity contribution in [1.82, 2.24) is 24.6 Å². The third-order valence-corrected chi connectivity index (χ3v) is 4.15. The molecule has 0 saturated carbocycles. The fraction of sp³-hybridized carbons (Fsp3) is 0.562. The highest BCUT2D eigenvalue weighted by molar-refractivity contribution is 5.86. The highest BCUT2D eigenvalue weighted by Crippen LogP contribution is 2.21. The van der Waals surface area contributed by atoms with Gasteiger partial charge >= 0.3 is 0 Å². The van der Waals surface area contributed by atoms with E-state index >= 15 is 0 Å². The molecule has 0 bridgehead atoms. The van der Waals surface area contributed by atoms with Crippen LogP contribution in [0.4, 0.5) is 11.8 Å². The number of hydrogen-bond acceptors (Lipinski definition) is 8. The lowest BCUT2D eigenvalue weighted by molar-refractivity contribution is -0.123. The highest BCUT2D eigenvalue weighted by Gasteiger charge is 2.20. The average molecular weight is 381 g/mol. The first-order valence-corrected chi connectivity index (χ1v) is 8.49. The monoisotopic (exact) mass is 381 g/mol. The summed E-state index contributed by atoms with van der Waals surface area (Å²) < 4.78 is 1.75. The summed E-state index contributed by atoms with van der Waals surface area (Å²) in [5.74, 6) is 1.22. The van der Waals surface area contributed by atoms with Crippen LogP contribution in [0.3, 0.4) is 0 Å². The van der Waals surface area contributed by atoms with Crippen LogP contribution in [0.25, 0.3) is 11.0 Å². The fourth-order valence-electron chi connectivity index (χ4n) is 2.83. The lowest BCUT2D eigenvalue weighted by Gasteiger charge is -2.24. The van der Waals surface area contributed by atoms with Crippen molar-refractivity contribution >= 4 is 35.7 Å². The van der Waals surface area contributed by atoms with Gasteiger partial charge in [-0.1, -0.05) is 0 Å². The van der Waals surface area contributed by atoms with Gasteiger partial charge in [-0.15, -0.1) is 0 Å². The lowest BCUT2D eigenvalue weighted by Crippen LogP contribution is -2.35. The first-order chi connectivity index (χ1) is 12.9. The summed E-state index contributed by atoms with van der Waals surface area (Å²) in [6.07, 6.45) is 2.84. The summed E-state index contributed by atoms with van der Waals surface area (Å²) in [4.78, 5) is 30.6. The van der Waals surface area contributed by atoms with Crippen LogP contribution in [0.1, 0.15) is 20.3 Å². The third-order valence-electron chi connectivity index (χ3n) is 4.15. The summed E-state index contributed by atoms with van der Waals surface area (Å²) in [6.45, 7) is 8.03. The number of aryl methyl sites for hydroxylation is 1. The van der Waals surface area contributed by atoms with E-state index in [0.29, 0.717) is 17.8 Å². The molecule has 0 atom stereocenters. The molecule has 3 rings (SSSR count). The smallest absolute Gasteiger partial charge is 0.290 e. The van der Waals surface area contributed by atoms with Crippen LogP contribution in [0.15, 0.2) is 6.20 Å². The molecule has 150 valence electrons.